The van der Waals surface area contributed by atoms with E-state index < -0.39 is 27.1 Å². The Labute approximate surface area is 303 Å². The standard InChI is InChI=1S/C38H38IN3O8/c1-6-49-32-15-23(14-25(39)36(32)50-31-13-12-24(41(45)46)16-26(31)42(47)48)33-34-27(17-37(2,3)19-29(34)43)40(21-22-10-8-7-9-11-22)28-18-38(4,5)20-30(44)35(28)33/h7-16,33H,6,17-21H2,1-5H3. The molecule has 0 fully saturated rings. The molecule has 0 amide bonds. The summed E-state index contributed by atoms with van der Waals surface area (Å²) < 4.78 is 12.7. The number of halogens is 1. The summed E-state index contributed by atoms with van der Waals surface area (Å²) >= 11 is 2.06. The first-order chi connectivity index (χ1) is 23.6. The van der Waals surface area contributed by atoms with Crippen molar-refractivity contribution in [3.05, 3.63) is 118 Å². The van der Waals surface area contributed by atoms with Gasteiger partial charge >= 0.3 is 5.69 Å². The number of hydrogen-bond acceptors (Lipinski definition) is 9. The molecule has 2 aliphatic carbocycles. The monoisotopic (exact) mass is 791 g/mol. The number of rotatable bonds is 9. The Hall–Kier alpha value is -4.59. The Kier molecular flexibility index (Phi) is 9.35. The van der Waals surface area contributed by atoms with E-state index in [2.05, 4.69) is 67.3 Å². The summed E-state index contributed by atoms with van der Waals surface area (Å²) in [6.45, 7) is 11.0. The molecule has 260 valence electrons. The number of carbonyl (C=O) groups is 2. The Morgan fingerprint density at radius 1 is 0.820 bits per heavy atom. The summed E-state index contributed by atoms with van der Waals surface area (Å²) in [7, 11) is 0. The van der Waals surface area contributed by atoms with Gasteiger partial charge in [0.15, 0.2) is 23.1 Å². The lowest BCUT2D eigenvalue weighted by Crippen LogP contribution is -2.44. The van der Waals surface area contributed by atoms with Crippen LogP contribution in [0.4, 0.5) is 11.4 Å². The predicted octanol–water partition coefficient (Wildman–Crippen LogP) is 9.18. The second-order valence-corrected chi connectivity index (χ2v) is 15.8. The van der Waals surface area contributed by atoms with Crippen LogP contribution in [0.5, 0.6) is 17.2 Å². The maximum atomic E-state index is 14.3. The number of carbonyl (C=O) groups excluding carboxylic acids is 2. The highest BCUT2D eigenvalue weighted by atomic mass is 127. The molecule has 0 atom stereocenters. The molecule has 0 aromatic heterocycles. The lowest BCUT2D eigenvalue weighted by molar-refractivity contribution is -0.394. The van der Waals surface area contributed by atoms with Crippen molar-refractivity contribution in [1.82, 2.24) is 4.90 Å². The SMILES string of the molecule is CCOc1cc(C2C3=C(CC(C)(C)CC3=O)N(Cc3ccccc3)C3=C2C(=O)CC(C)(C)C3)cc(I)c1Oc1ccc([N+](=O)[O-])cc1[N+](=O)[O-]. The van der Waals surface area contributed by atoms with Crippen LogP contribution >= 0.6 is 22.6 Å². The van der Waals surface area contributed by atoms with E-state index in [1.165, 1.54) is 6.07 Å². The number of ether oxygens (including phenoxy) is 2. The molecule has 1 aliphatic heterocycles. The summed E-state index contributed by atoms with van der Waals surface area (Å²) in [6, 6.07) is 16.8. The number of benzene rings is 3. The molecular formula is C38H38IN3O8. The third kappa shape index (κ3) is 6.77. The van der Waals surface area contributed by atoms with Crippen molar-refractivity contribution in [1.29, 1.82) is 0 Å². The number of nitro benzene ring substituents is 2. The minimum Gasteiger partial charge on any atom is -0.490 e. The molecular weight excluding hydrogens is 753 g/mol. The van der Waals surface area contributed by atoms with Gasteiger partial charge in [0.1, 0.15) is 0 Å². The van der Waals surface area contributed by atoms with Crippen LogP contribution < -0.4 is 9.47 Å². The van der Waals surface area contributed by atoms with Gasteiger partial charge in [0.05, 0.1) is 26.1 Å². The third-order valence-electron chi connectivity index (χ3n) is 9.43. The fraction of sp³-hybridized carbons (Fsp3) is 0.368. The molecule has 0 unspecified atom stereocenters. The molecule has 3 aromatic carbocycles. The van der Waals surface area contributed by atoms with E-state index in [9.17, 15) is 29.8 Å². The Bertz CT molecular complexity index is 1950. The first kappa shape index (κ1) is 35.2. The molecule has 3 aromatic rings. The van der Waals surface area contributed by atoms with Crippen molar-refractivity contribution < 1.29 is 28.9 Å². The van der Waals surface area contributed by atoms with Crippen LogP contribution in [-0.2, 0) is 16.1 Å². The van der Waals surface area contributed by atoms with Gasteiger partial charge in [-0.15, -0.1) is 0 Å². The van der Waals surface area contributed by atoms with Crippen LogP contribution in [-0.4, -0.2) is 32.9 Å². The molecule has 0 spiro atoms. The van der Waals surface area contributed by atoms with Crippen molar-refractivity contribution in [3.63, 3.8) is 0 Å². The molecule has 0 N–H and O–H groups in total. The minimum absolute atomic E-state index is 0.00158. The van der Waals surface area contributed by atoms with Crippen molar-refractivity contribution in [2.75, 3.05) is 6.61 Å². The van der Waals surface area contributed by atoms with Crippen LogP contribution in [0.3, 0.4) is 0 Å². The Morgan fingerprint density at radius 2 is 1.42 bits per heavy atom. The summed E-state index contributed by atoms with van der Waals surface area (Å²) in [5, 5.41) is 23.2. The normalized spacial score (nSPS) is 18.5. The topological polar surface area (TPSA) is 142 Å². The van der Waals surface area contributed by atoms with Gasteiger partial charge in [-0.3, -0.25) is 29.8 Å². The van der Waals surface area contributed by atoms with Gasteiger partial charge in [-0.05, 0) is 82.5 Å². The summed E-state index contributed by atoms with van der Waals surface area (Å²) in [6.07, 6.45) is 1.99. The van der Waals surface area contributed by atoms with E-state index in [0.717, 1.165) is 29.1 Å². The molecule has 0 saturated heterocycles. The number of ketones is 2. The van der Waals surface area contributed by atoms with Gasteiger partial charge in [0.2, 0.25) is 5.75 Å². The Balaban J connectivity index is 1.54. The molecule has 3 aliphatic rings. The van der Waals surface area contributed by atoms with Gasteiger partial charge in [-0.25, -0.2) is 0 Å². The molecule has 12 heteroatoms. The molecule has 6 rings (SSSR count). The van der Waals surface area contributed by atoms with Gasteiger partial charge in [0.25, 0.3) is 5.69 Å². The maximum Gasteiger partial charge on any atom is 0.318 e. The third-order valence-corrected chi connectivity index (χ3v) is 10.2. The summed E-state index contributed by atoms with van der Waals surface area (Å²) in [5.41, 5.74) is 3.27. The average Bonchev–Trinajstić information content (AvgIpc) is 3.02. The smallest absolute Gasteiger partial charge is 0.318 e. The fourth-order valence-corrected chi connectivity index (χ4v) is 8.15. The summed E-state index contributed by atoms with van der Waals surface area (Å²) in [4.78, 5) is 52.7. The summed E-state index contributed by atoms with van der Waals surface area (Å²) in [5.74, 6) is -0.382. The van der Waals surface area contributed by atoms with E-state index >= 15 is 0 Å². The Morgan fingerprint density at radius 3 is 1.96 bits per heavy atom. The van der Waals surface area contributed by atoms with Crippen molar-refractivity contribution >= 4 is 45.5 Å². The van der Waals surface area contributed by atoms with E-state index in [0.29, 0.717) is 52.5 Å². The van der Waals surface area contributed by atoms with E-state index in [-0.39, 0.29) is 46.3 Å². The zero-order chi connectivity index (χ0) is 36.1. The van der Waals surface area contributed by atoms with E-state index in [1.807, 2.05) is 24.3 Å². The highest BCUT2D eigenvalue weighted by molar-refractivity contribution is 14.1. The lowest BCUT2D eigenvalue weighted by Gasteiger charge is -2.49. The number of hydrogen-bond donors (Lipinski definition) is 0. The zero-order valence-corrected chi connectivity index (χ0v) is 30.7. The van der Waals surface area contributed by atoms with Crippen LogP contribution in [0, 0.1) is 34.6 Å². The largest absolute Gasteiger partial charge is 0.490 e. The quantitative estimate of drug-likeness (QED) is 0.118. The van der Waals surface area contributed by atoms with Crippen molar-refractivity contribution in [2.45, 2.75) is 72.8 Å². The molecule has 0 saturated carbocycles. The van der Waals surface area contributed by atoms with E-state index in [1.54, 1.807) is 13.0 Å². The zero-order valence-electron chi connectivity index (χ0n) is 28.6. The number of Topliss-reactive ketones (excluding diaryl/α,β-unsaturated/α-hetero) is 2. The number of allylic oxidation sites excluding steroid dienone is 4. The molecule has 11 nitrogen and oxygen atoms in total. The molecule has 1 heterocycles. The molecule has 50 heavy (non-hydrogen) atoms. The number of nitro groups is 2. The fourth-order valence-electron chi connectivity index (χ4n) is 7.41. The second kappa shape index (κ2) is 13.3. The van der Waals surface area contributed by atoms with Gasteiger partial charge < -0.3 is 14.4 Å². The lowest BCUT2D eigenvalue weighted by atomic mass is 9.63. The number of nitrogens with zero attached hydrogens (tertiary/aromatic N) is 3. The van der Waals surface area contributed by atoms with Crippen LogP contribution in [0.15, 0.2) is 83.2 Å². The molecule has 0 radical (unpaired) electrons. The number of non-ortho nitro benzene ring substituents is 1. The second-order valence-electron chi connectivity index (χ2n) is 14.6. The minimum atomic E-state index is -0.735. The first-order valence-corrected chi connectivity index (χ1v) is 17.6. The maximum absolute atomic E-state index is 14.3. The van der Waals surface area contributed by atoms with Crippen LogP contribution in [0.1, 0.15) is 77.3 Å². The van der Waals surface area contributed by atoms with E-state index in [4.69, 9.17) is 9.47 Å². The van der Waals surface area contributed by atoms with Gasteiger partial charge in [-0.1, -0.05) is 58.0 Å². The first-order valence-electron chi connectivity index (χ1n) is 16.5. The predicted molar refractivity (Wildman–Crippen MR) is 195 cm³/mol. The van der Waals surface area contributed by atoms with Crippen molar-refractivity contribution in [2.24, 2.45) is 10.8 Å². The highest BCUT2D eigenvalue weighted by Gasteiger charge is 2.49. The van der Waals surface area contributed by atoms with Gasteiger partial charge in [0, 0.05) is 53.9 Å². The van der Waals surface area contributed by atoms with Gasteiger partial charge in [-0.2, -0.15) is 0 Å². The van der Waals surface area contributed by atoms with Crippen LogP contribution in [0.25, 0.3) is 0 Å². The highest BCUT2D eigenvalue weighted by Crippen LogP contribution is 2.56. The molecule has 0 bridgehead atoms. The van der Waals surface area contributed by atoms with Crippen molar-refractivity contribution in [3.8, 4) is 17.2 Å². The van der Waals surface area contributed by atoms with Crippen LogP contribution in [0.2, 0.25) is 0 Å². The average molecular weight is 792 g/mol.